The molecule has 0 saturated carbocycles. The molecule has 1 aliphatic heterocycles. The molecule has 27 heavy (non-hydrogen) atoms. The lowest BCUT2D eigenvalue weighted by atomic mass is 9.95. The van der Waals surface area contributed by atoms with Gasteiger partial charge >= 0.3 is 5.97 Å². The van der Waals surface area contributed by atoms with E-state index in [1.54, 1.807) is 19.9 Å². The number of ether oxygens (including phenoxy) is 1. The van der Waals surface area contributed by atoms with Crippen LogP contribution < -0.4 is 10.8 Å². The molecular weight excluding hydrogens is 352 g/mol. The van der Waals surface area contributed by atoms with E-state index >= 15 is 0 Å². The number of allylic oxidation sites excluding steroid dienone is 1. The Bertz CT molecular complexity index is 502. The molecule has 0 bridgehead atoms. The minimum atomic E-state index is -1.09. The van der Waals surface area contributed by atoms with E-state index in [0.29, 0.717) is 32.3 Å². The molecule has 0 aromatic rings. The maximum Gasteiger partial charge on any atom is 0.326 e. The second kappa shape index (κ2) is 12.5. The van der Waals surface area contributed by atoms with Crippen molar-refractivity contribution in [2.45, 2.75) is 71.1 Å². The lowest BCUT2D eigenvalue weighted by Gasteiger charge is -2.24. The van der Waals surface area contributed by atoms with Crippen molar-refractivity contribution in [1.82, 2.24) is 10.8 Å². The monoisotopic (exact) mass is 384 g/mol. The number of carboxylic acid groups (broad SMARTS) is 1. The van der Waals surface area contributed by atoms with Gasteiger partial charge in [0.2, 0.25) is 11.8 Å². The molecule has 8 nitrogen and oxygen atoms in total. The number of hydrogen-bond acceptors (Lipinski definition) is 5. The van der Waals surface area contributed by atoms with Crippen molar-refractivity contribution >= 4 is 17.8 Å². The molecule has 0 aromatic heterocycles. The van der Waals surface area contributed by atoms with Gasteiger partial charge in [0.1, 0.15) is 6.04 Å². The first-order chi connectivity index (χ1) is 12.8. The SMILES string of the molecule is C=CCCCC(CC(=O)NO[C@@H]1CCCCO1)C(=O)N[C@H](C(=O)O)C(C)C. The quantitative estimate of drug-likeness (QED) is 0.270. The molecule has 8 heteroatoms. The number of rotatable bonds is 12. The largest absolute Gasteiger partial charge is 0.480 e. The summed E-state index contributed by atoms with van der Waals surface area (Å²) in [7, 11) is 0. The zero-order valence-electron chi connectivity index (χ0n) is 16.2. The van der Waals surface area contributed by atoms with Gasteiger partial charge in [0.05, 0.1) is 0 Å². The van der Waals surface area contributed by atoms with E-state index < -0.39 is 36.0 Å². The first-order valence-electron chi connectivity index (χ1n) is 9.55. The van der Waals surface area contributed by atoms with Crippen molar-refractivity contribution in [3.63, 3.8) is 0 Å². The number of hydrogen-bond donors (Lipinski definition) is 3. The Morgan fingerprint density at radius 2 is 2.07 bits per heavy atom. The van der Waals surface area contributed by atoms with E-state index in [1.165, 1.54) is 0 Å². The Kier molecular flexibility index (Phi) is 10.7. The van der Waals surface area contributed by atoms with Gasteiger partial charge in [-0.1, -0.05) is 19.9 Å². The van der Waals surface area contributed by atoms with Crippen LogP contribution in [0.1, 0.15) is 58.8 Å². The minimum absolute atomic E-state index is 0.0832. The second-order valence-corrected chi connectivity index (χ2v) is 7.13. The summed E-state index contributed by atoms with van der Waals surface area (Å²) in [4.78, 5) is 41.3. The first-order valence-corrected chi connectivity index (χ1v) is 9.55. The molecule has 1 fully saturated rings. The highest BCUT2D eigenvalue weighted by atomic mass is 16.8. The van der Waals surface area contributed by atoms with Crippen LogP contribution in [-0.4, -0.2) is 41.8 Å². The van der Waals surface area contributed by atoms with Gasteiger partial charge in [-0.25, -0.2) is 15.1 Å². The topological polar surface area (TPSA) is 114 Å². The molecule has 1 rings (SSSR count). The molecule has 154 valence electrons. The van der Waals surface area contributed by atoms with Gasteiger partial charge in [0.15, 0.2) is 6.29 Å². The molecule has 2 amide bonds. The Balaban J connectivity index is 2.59. The summed E-state index contributed by atoms with van der Waals surface area (Å²) in [5.41, 5.74) is 2.35. The molecule has 0 aliphatic carbocycles. The van der Waals surface area contributed by atoms with Crippen LogP contribution in [0, 0.1) is 11.8 Å². The predicted molar refractivity (Wildman–Crippen MR) is 99.4 cm³/mol. The fourth-order valence-corrected chi connectivity index (χ4v) is 2.82. The van der Waals surface area contributed by atoms with Crippen LogP contribution >= 0.6 is 0 Å². The van der Waals surface area contributed by atoms with Gasteiger partial charge in [0.25, 0.3) is 0 Å². The van der Waals surface area contributed by atoms with Gasteiger partial charge in [-0.2, -0.15) is 0 Å². The molecule has 0 radical (unpaired) electrons. The number of hydroxylamine groups is 1. The Morgan fingerprint density at radius 3 is 2.63 bits per heavy atom. The van der Waals surface area contributed by atoms with Crippen LogP contribution in [0.4, 0.5) is 0 Å². The molecule has 3 atom stereocenters. The zero-order chi connectivity index (χ0) is 20.2. The second-order valence-electron chi connectivity index (χ2n) is 7.13. The number of carbonyl (C=O) groups is 3. The van der Waals surface area contributed by atoms with Crippen LogP contribution in [-0.2, 0) is 24.0 Å². The first kappa shape index (κ1) is 23.1. The Labute approximate surface area is 160 Å². The fraction of sp³-hybridized carbons (Fsp3) is 0.737. The number of aliphatic carboxylic acids is 1. The molecule has 1 aliphatic rings. The summed E-state index contributed by atoms with van der Waals surface area (Å²) in [5.74, 6) is -2.86. The predicted octanol–water partition coefficient (Wildman–Crippen LogP) is 2.15. The van der Waals surface area contributed by atoms with Crippen LogP contribution in [0.5, 0.6) is 0 Å². The van der Waals surface area contributed by atoms with E-state index in [1.807, 2.05) is 0 Å². The number of nitrogens with one attached hydrogen (secondary N) is 2. The highest BCUT2D eigenvalue weighted by Gasteiger charge is 2.29. The van der Waals surface area contributed by atoms with Crippen LogP contribution in [0.3, 0.4) is 0 Å². The molecule has 0 spiro atoms. The molecular formula is C19H32N2O6. The third-order valence-corrected chi connectivity index (χ3v) is 4.44. The summed E-state index contributed by atoms with van der Waals surface area (Å²) in [5, 5.41) is 11.8. The van der Waals surface area contributed by atoms with Crippen LogP contribution in [0.2, 0.25) is 0 Å². The average Bonchev–Trinajstić information content (AvgIpc) is 2.63. The van der Waals surface area contributed by atoms with Gasteiger partial charge in [-0.15, -0.1) is 6.58 Å². The fourth-order valence-electron chi connectivity index (χ4n) is 2.82. The van der Waals surface area contributed by atoms with Crippen molar-refractivity contribution in [3.8, 4) is 0 Å². The molecule has 3 N–H and O–H groups in total. The van der Waals surface area contributed by atoms with Gasteiger partial charge < -0.3 is 15.2 Å². The van der Waals surface area contributed by atoms with E-state index in [0.717, 1.165) is 12.8 Å². The lowest BCUT2D eigenvalue weighted by Crippen LogP contribution is -2.47. The molecule has 0 aromatic carbocycles. The van der Waals surface area contributed by atoms with E-state index in [2.05, 4.69) is 17.4 Å². The smallest absolute Gasteiger partial charge is 0.326 e. The highest BCUT2D eigenvalue weighted by molar-refractivity contribution is 5.88. The van der Waals surface area contributed by atoms with Crippen molar-refractivity contribution in [2.75, 3.05) is 6.61 Å². The normalized spacial score (nSPS) is 19.1. The summed E-state index contributed by atoms with van der Waals surface area (Å²) in [6.45, 7) is 7.68. The Hall–Kier alpha value is -1.93. The van der Waals surface area contributed by atoms with Gasteiger partial charge in [-0.3, -0.25) is 9.59 Å². The lowest BCUT2D eigenvalue weighted by molar-refractivity contribution is -0.200. The third kappa shape index (κ3) is 9.01. The zero-order valence-corrected chi connectivity index (χ0v) is 16.2. The number of carboxylic acids is 1. The van der Waals surface area contributed by atoms with Crippen molar-refractivity contribution in [3.05, 3.63) is 12.7 Å². The average molecular weight is 384 g/mol. The third-order valence-electron chi connectivity index (χ3n) is 4.44. The van der Waals surface area contributed by atoms with Gasteiger partial charge in [0, 0.05) is 25.4 Å². The van der Waals surface area contributed by atoms with E-state index in [4.69, 9.17) is 9.57 Å². The maximum absolute atomic E-state index is 12.6. The van der Waals surface area contributed by atoms with Crippen LogP contribution in [0.15, 0.2) is 12.7 Å². The minimum Gasteiger partial charge on any atom is -0.480 e. The molecule has 1 unspecified atom stereocenters. The number of carbonyl (C=O) groups excluding carboxylic acids is 2. The van der Waals surface area contributed by atoms with Gasteiger partial charge in [-0.05, 0) is 38.0 Å². The summed E-state index contributed by atoms with van der Waals surface area (Å²) in [6.07, 6.45) is 5.69. The summed E-state index contributed by atoms with van der Waals surface area (Å²) < 4.78 is 5.37. The maximum atomic E-state index is 12.6. The Morgan fingerprint density at radius 1 is 1.33 bits per heavy atom. The van der Waals surface area contributed by atoms with Crippen LogP contribution in [0.25, 0.3) is 0 Å². The molecule has 1 heterocycles. The highest BCUT2D eigenvalue weighted by Crippen LogP contribution is 2.16. The summed E-state index contributed by atoms with van der Waals surface area (Å²) >= 11 is 0. The standard InChI is InChI=1S/C19H32N2O6/c1-4-5-6-9-14(18(23)20-17(13(2)3)19(24)25)12-15(22)21-27-16-10-7-8-11-26-16/h4,13-14,16-17H,1,5-12H2,2-3H3,(H,20,23)(H,21,22)(H,24,25)/t14?,16-,17+/m1/s1. The van der Waals surface area contributed by atoms with E-state index in [-0.39, 0.29) is 12.3 Å². The summed E-state index contributed by atoms with van der Waals surface area (Å²) in [6, 6.07) is -0.991. The number of unbranched alkanes of at least 4 members (excludes halogenated alkanes) is 1. The van der Waals surface area contributed by atoms with Crippen molar-refractivity contribution in [1.29, 1.82) is 0 Å². The number of amides is 2. The van der Waals surface area contributed by atoms with Crippen molar-refractivity contribution < 1.29 is 29.1 Å². The van der Waals surface area contributed by atoms with Crippen molar-refractivity contribution in [2.24, 2.45) is 11.8 Å². The molecule has 1 saturated heterocycles. The van der Waals surface area contributed by atoms with E-state index in [9.17, 15) is 19.5 Å².